The summed E-state index contributed by atoms with van der Waals surface area (Å²) in [6.07, 6.45) is 1.70. The quantitative estimate of drug-likeness (QED) is 0.343. The fourth-order valence-electron chi connectivity index (χ4n) is 3.71. The first kappa shape index (κ1) is 20.6. The molecule has 0 saturated carbocycles. The zero-order chi connectivity index (χ0) is 22.9. The van der Waals surface area contributed by atoms with Crippen LogP contribution in [0.1, 0.15) is 17.0 Å². The summed E-state index contributed by atoms with van der Waals surface area (Å²) in [4.78, 5) is 26.6. The summed E-state index contributed by atoms with van der Waals surface area (Å²) in [5.74, 6) is 2.00. The van der Waals surface area contributed by atoms with Crippen LogP contribution in [0.25, 0.3) is 33.6 Å². The lowest BCUT2D eigenvalue weighted by Gasteiger charge is -2.12. The Kier molecular flexibility index (Phi) is 5.18. The summed E-state index contributed by atoms with van der Waals surface area (Å²) in [6.45, 7) is 5.61. The van der Waals surface area contributed by atoms with Crippen LogP contribution in [0.4, 0.5) is 0 Å². The van der Waals surface area contributed by atoms with E-state index in [1.807, 2.05) is 62.4 Å². The van der Waals surface area contributed by atoms with Crippen LogP contribution in [-0.2, 0) is 0 Å². The van der Waals surface area contributed by atoms with Gasteiger partial charge in [-0.15, -0.1) is 0 Å². The van der Waals surface area contributed by atoms with E-state index in [4.69, 9.17) is 9.15 Å². The molecule has 5 rings (SSSR count). The Bertz CT molecular complexity index is 1530. The fraction of sp³-hybridized carbons (Fsp3) is 0.111. The molecule has 33 heavy (non-hydrogen) atoms. The monoisotopic (exact) mass is 435 g/mol. The lowest BCUT2D eigenvalue weighted by molar-refractivity contribution is 0.456. The Morgan fingerprint density at radius 3 is 2.42 bits per heavy atom. The lowest BCUT2D eigenvalue weighted by atomic mass is 10.0. The van der Waals surface area contributed by atoms with E-state index < -0.39 is 0 Å². The van der Waals surface area contributed by atoms with E-state index >= 15 is 0 Å². The van der Waals surface area contributed by atoms with E-state index in [-0.39, 0.29) is 5.43 Å². The lowest BCUT2D eigenvalue weighted by Crippen LogP contribution is -2.07. The fourth-order valence-corrected chi connectivity index (χ4v) is 3.71. The first-order chi connectivity index (χ1) is 16.0. The zero-order valence-electron chi connectivity index (χ0n) is 18.5. The van der Waals surface area contributed by atoms with Crippen molar-refractivity contribution in [3.63, 3.8) is 0 Å². The number of rotatable bonds is 4. The molecule has 0 bridgehead atoms. The van der Waals surface area contributed by atoms with Gasteiger partial charge < -0.3 is 9.15 Å². The number of pyridine rings is 1. The molecule has 0 unspecified atom stereocenters. The Morgan fingerprint density at radius 2 is 1.67 bits per heavy atom. The minimum atomic E-state index is -0.0713. The highest BCUT2D eigenvalue weighted by molar-refractivity contribution is 5.83. The van der Waals surface area contributed by atoms with Gasteiger partial charge in [0.25, 0.3) is 0 Å². The minimum Gasteiger partial charge on any atom is -0.460 e. The van der Waals surface area contributed by atoms with Gasteiger partial charge in [-0.05, 0) is 50.6 Å². The van der Waals surface area contributed by atoms with Gasteiger partial charge in [0.2, 0.25) is 11.3 Å². The van der Waals surface area contributed by atoms with Crippen LogP contribution in [0.5, 0.6) is 11.6 Å². The van der Waals surface area contributed by atoms with Gasteiger partial charge in [0.15, 0.2) is 5.82 Å². The molecule has 0 N–H and O–H groups in total. The van der Waals surface area contributed by atoms with E-state index in [1.54, 1.807) is 31.3 Å². The predicted octanol–water partition coefficient (Wildman–Crippen LogP) is 6.03. The number of hydrogen-bond donors (Lipinski definition) is 0. The smallest absolute Gasteiger partial charge is 0.226 e. The number of ether oxygens (including phenoxy) is 1. The molecular weight excluding hydrogens is 414 g/mol. The van der Waals surface area contributed by atoms with Crippen molar-refractivity contribution in [2.75, 3.05) is 0 Å². The summed E-state index contributed by atoms with van der Waals surface area (Å²) in [7, 11) is 0. The largest absolute Gasteiger partial charge is 0.460 e. The van der Waals surface area contributed by atoms with Crippen molar-refractivity contribution in [1.82, 2.24) is 15.0 Å². The van der Waals surface area contributed by atoms with E-state index in [1.165, 1.54) is 0 Å². The van der Waals surface area contributed by atoms with E-state index in [9.17, 15) is 4.79 Å². The Morgan fingerprint density at radius 1 is 0.879 bits per heavy atom. The molecule has 0 aliphatic carbocycles. The van der Waals surface area contributed by atoms with Gasteiger partial charge in [-0.25, -0.2) is 4.98 Å². The van der Waals surface area contributed by atoms with E-state index in [0.29, 0.717) is 45.4 Å². The van der Waals surface area contributed by atoms with Crippen molar-refractivity contribution in [2.45, 2.75) is 20.8 Å². The van der Waals surface area contributed by atoms with Crippen molar-refractivity contribution in [2.24, 2.45) is 0 Å². The van der Waals surface area contributed by atoms with Crippen LogP contribution in [0.3, 0.4) is 0 Å². The number of hydrogen-bond acceptors (Lipinski definition) is 6. The van der Waals surface area contributed by atoms with Crippen LogP contribution < -0.4 is 10.2 Å². The van der Waals surface area contributed by atoms with Crippen LogP contribution in [0, 0.1) is 20.8 Å². The second-order valence-corrected chi connectivity index (χ2v) is 7.77. The van der Waals surface area contributed by atoms with Gasteiger partial charge in [0.05, 0.1) is 10.9 Å². The van der Waals surface area contributed by atoms with Crippen molar-refractivity contribution < 1.29 is 9.15 Å². The molecule has 6 heteroatoms. The molecule has 0 spiro atoms. The average Bonchev–Trinajstić information content (AvgIpc) is 2.83. The molecule has 0 amide bonds. The maximum atomic E-state index is 13.2. The van der Waals surface area contributed by atoms with Crippen LogP contribution in [0.15, 0.2) is 82.1 Å². The van der Waals surface area contributed by atoms with Gasteiger partial charge in [-0.1, -0.05) is 36.4 Å². The first-order valence-electron chi connectivity index (χ1n) is 10.6. The molecule has 5 aromatic rings. The van der Waals surface area contributed by atoms with Gasteiger partial charge in [-0.2, -0.15) is 4.98 Å². The second kappa shape index (κ2) is 8.31. The van der Waals surface area contributed by atoms with Crippen molar-refractivity contribution in [1.29, 1.82) is 0 Å². The average molecular weight is 435 g/mol. The van der Waals surface area contributed by atoms with E-state index in [2.05, 4.69) is 15.0 Å². The molecule has 3 aromatic heterocycles. The Hall–Kier alpha value is -4.32. The molecule has 6 nitrogen and oxygen atoms in total. The maximum Gasteiger partial charge on any atom is 0.226 e. The van der Waals surface area contributed by atoms with Gasteiger partial charge >= 0.3 is 0 Å². The van der Waals surface area contributed by atoms with Crippen molar-refractivity contribution in [3.05, 3.63) is 100 Å². The van der Waals surface area contributed by atoms with Crippen LogP contribution in [-0.4, -0.2) is 15.0 Å². The summed E-state index contributed by atoms with van der Waals surface area (Å²) in [5, 5.41) is 0.497. The zero-order valence-corrected chi connectivity index (χ0v) is 18.5. The molecule has 0 aliphatic heterocycles. The summed E-state index contributed by atoms with van der Waals surface area (Å²) in [5.41, 5.74) is 4.09. The third kappa shape index (κ3) is 3.87. The molecule has 3 heterocycles. The highest BCUT2D eigenvalue weighted by Crippen LogP contribution is 2.30. The van der Waals surface area contributed by atoms with Gasteiger partial charge in [0.1, 0.15) is 22.8 Å². The predicted molar refractivity (Wildman–Crippen MR) is 127 cm³/mol. The highest BCUT2D eigenvalue weighted by atomic mass is 16.5. The van der Waals surface area contributed by atoms with Gasteiger partial charge in [0, 0.05) is 23.5 Å². The molecular formula is C27H21N3O3. The standard InChI is InChI=1S/C27H21N3O3/c1-16-17(2)29-26(22-11-7-8-14-28-22)30-27(16)33-20-12-13-21-23(15-20)32-18(3)24(25(21)31)19-9-5-4-6-10-19/h4-15H,1-3H3. The number of benzene rings is 2. The molecule has 2 aromatic carbocycles. The van der Waals surface area contributed by atoms with E-state index in [0.717, 1.165) is 16.8 Å². The number of aryl methyl sites for hydroxylation is 2. The third-order valence-electron chi connectivity index (χ3n) is 5.56. The Balaban J connectivity index is 1.56. The third-order valence-corrected chi connectivity index (χ3v) is 5.56. The summed E-state index contributed by atoms with van der Waals surface area (Å²) < 4.78 is 12.1. The highest BCUT2D eigenvalue weighted by Gasteiger charge is 2.16. The molecule has 0 radical (unpaired) electrons. The maximum absolute atomic E-state index is 13.2. The minimum absolute atomic E-state index is 0.0713. The molecule has 0 aliphatic rings. The van der Waals surface area contributed by atoms with Crippen molar-refractivity contribution >= 4 is 11.0 Å². The topological polar surface area (TPSA) is 78.1 Å². The number of aromatic nitrogens is 3. The van der Waals surface area contributed by atoms with Crippen molar-refractivity contribution in [3.8, 4) is 34.3 Å². The second-order valence-electron chi connectivity index (χ2n) is 7.77. The van der Waals surface area contributed by atoms with Crippen LogP contribution >= 0.6 is 0 Å². The molecule has 162 valence electrons. The summed E-state index contributed by atoms with van der Waals surface area (Å²) in [6, 6.07) is 20.3. The molecule has 0 fully saturated rings. The molecule has 0 atom stereocenters. The summed E-state index contributed by atoms with van der Waals surface area (Å²) >= 11 is 0. The normalized spacial score (nSPS) is 11.0. The SMILES string of the molecule is Cc1nc(-c2ccccn2)nc(Oc2ccc3c(=O)c(-c4ccccc4)c(C)oc3c2)c1C. The van der Waals surface area contributed by atoms with Crippen LogP contribution in [0.2, 0.25) is 0 Å². The number of nitrogens with zero attached hydrogens (tertiary/aromatic N) is 3. The molecule has 0 saturated heterocycles. The van der Waals surface area contributed by atoms with Gasteiger partial charge in [-0.3, -0.25) is 9.78 Å². The first-order valence-corrected chi connectivity index (χ1v) is 10.6. The Labute approximate surface area is 190 Å². The number of fused-ring (bicyclic) bond motifs is 1.